The maximum Gasteiger partial charge on any atom is 0.287 e. The van der Waals surface area contributed by atoms with Gasteiger partial charge in [-0.2, -0.15) is 0 Å². The summed E-state index contributed by atoms with van der Waals surface area (Å²) in [7, 11) is 1.30. The number of ether oxygens (including phenoxy) is 1. The molecule has 0 saturated heterocycles. The average Bonchev–Trinajstić information content (AvgIpc) is 3.21. The van der Waals surface area contributed by atoms with E-state index < -0.39 is 18.6 Å². The van der Waals surface area contributed by atoms with E-state index in [0.717, 1.165) is 17.2 Å². The number of alkyl halides is 3. The van der Waals surface area contributed by atoms with Crippen LogP contribution in [-0.2, 0) is 4.79 Å². The molecular formula is C26H23F3N6O3. The monoisotopic (exact) mass is 524 g/mol. The van der Waals surface area contributed by atoms with E-state index in [4.69, 9.17) is 10.5 Å². The number of halogens is 3. The molecule has 1 atom stereocenters. The van der Waals surface area contributed by atoms with E-state index in [9.17, 15) is 22.8 Å². The van der Waals surface area contributed by atoms with Crippen LogP contribution in [0.2, 0.25) is 0 Å². The molecule has 0 saturated carbocycles. The van der Waals surface area contributed by atoms with E-state index in [-0.39, 0.29) is 23.0 Å². The number of nitrogen functional groups attached to an aromatic ring is 1. The summed E-state index contributed by atoms with van der Waals surface area (Å²) in [5, 5.41) is 4.30. The summed E-state index contributed by atoms with van der Waals surface area (Å²) >= 11 is 0. The molecule has 0 bridgehead atoms. The molecule has 2 aromatic heterocycles. The number of rotatable bonds is 8. The first-order chi connectivity index (χ1) is 18.2. The largest absolute Gasteiger partial charge is 0.496 e. The van der Waals surface area contributed by atoms with E-state index >= 15 is 0 Å². The summed E-state index contributed by atoms with van der Waals surface area (Å²) in [6.45, 7) is 5.30. The summed E-state index contributed by atoms with van der Waals surface area (Å²) in [6, 6.07) is 11.4. The van der Waals surface area contributed by atoms with Crippen LogP contribution in [0.5, 0.6) is 5.75 Å². The molecule has 0 aliphatic carbocycles. The van der Waals surface area contributed by atoms with Gasteiger partial charge in [0, 0.05) is 17.3 Å². The van der Waals surface area contributed by atoms with E-state index in [1.807, 2.05) is 6.92 Å². The first-order valence-electron chi connectivity index (χ1n) is 11.2. The second-order valence-electron chi connectivity index (χ2n) is 8.13. The Morgan fingerprint density at radius 2 is 1.84 bits per heavy atom. The van der Waals surface area contributed by atoms with Gasteiger partial charge in [-0.25, -0.2) is 23.1 Å². The van der Waals surface area contributed by atoms with Crippen molar-refractivity contribution in [3.05, 3.63) is 72.6 Å². The molecule has 9 nitrogen and oxygen atoms in total. The Morgan fingerprint density at radius 1 is 1.13 bits per heavy atom. The lowest BCUT2D eigenvalue weighted by Gasteiger charge is -2.16. The highest BCUT2D eigenvalue weighted by molar-refractivity contribution is 6.00. The van der Waals surface area contributed by atoms with Crippen LogP contribution in [0.25, 0.3) is 28.0 Å². The zero-order valence-corrected chi connectivity index (χ0v) is 20.3. The van der Waals surface area contributed by atoms with Gasteiger partial charge in [0.2, 0.25) is 12.2 Å². The fourth-order valence-electron chi connectivity index (χ4n) is 4.06. The fraction of sp³-hybridized carbons (Fsp3) is 0.154. The third-order valence-corrected chi connectivity index (χ3v) is 5.80. The maximum atomic E-state index is 13.4. The lowest BCUT2D eigenvalue weighted by Crippen LogP contribution is -2.36. The Kier molecular flexibility index (Phi) is 7.33. The van der Waals surface area contributed by atoms with Crippen molar-refractivity contribution in [3.63, 3.8) is 0 Å². The number of anilines is 2. The molecular weight excluding hydrogens is 501 g/mol. The SMILES string of the molecule is C=CC(=O)Nc1ccc(-c2c(C)c3ncnc(N)c3n2-c2ccc(C(=O)NC(F)C(F)F)c(OC)c2)cc1. The van der Waals surface area contributed by atoms with Crippen molar-refractivity contribution in [2.45, 2.75) is 19.6 Å². The number of aromatic nitrogens is 3. The summed E-state index contributed by atoms with van der Waals surface area (Å²) in [5.41, 5.74) is 10.4. The van der Waals surface area contributed by atoms with Crippen LogP contribution in [-0.4, -0.2) is 46.2 Å². The van der Waals surface area contributed by atoms with Crippen LogP contribution in [0.15, 0.2) is 61.4 Å². The predicted octanol–water partition coefficient (Wildman–Crippen LogP) is 4.40. The van der Waals surface area contributed by atoms with Crippen LogP contribution >= 0.6 is 0 Å². The van der Waals surface area contributed by atoms with E-state index in [0.29, 0.717) is 28.1 Å². The van der Waals surface area contributed by atoms with Crippen LogP contribution in [0.1, 0.15) is 15.9 Å². The highest BCUT2D eigenvalue weighted by atomic mass is 19.3. The molecule has 2 amide bonds. The minimum Gasteiger partial charge on any atom is -0.496 e. The number of aryl methyl sites for hydroxylation is 1. The smallest absolute Gasteiger partial charge is 0.287 e. The molecule has 0 radical (unpaired) electrons. The van der Waals surface area contributed by atoms with Crippen LogP contribution < -0.4 is 21.1 Å². The van der Waals surface area contributed by atoms with Crippen molar-refractivity contribution in [1.82, 2.24) is 19.9 Å². The molecule has 196 valence electrons. The minimum atomic E-state index is -3.37. The Balaban J connectivity index is 1.87. The number of amides is 2. The molecule has 38 heavy (non-hydrogen) atoms. The van der Waals surface area contributed by atoms with Crippen molar-refractivity contribution in [2.24, 2.45) is 0 Å². The number of benzene rings is 2. The van der Waals surface area contributed by atoms with Gasteiger partial charge in [0.05, 0.1) is 29.6 Å². The van der Waals surface area contributed by atoms with Crippen LogP contribution in [0.3, 0.4) is 0 Å². The number of fused-ring (bicyclic) bond motifs is 1. The quantitative estimate of drug-likeness (QED) is 0.232. The fourth-order valence-corrected chi connectivity index (χ4v) is 4.06. The van der Waals surface area contributed by atoms with Gasteiger partial charge in [-0.3, -0.25) is 9.59 Å². The van der Waals surface area contributed by atoms with Crippen molar-refractivity contribution in [1.29, 1.82) is 0 Å². The van der Waals surface area contributed by atoms with Gasteiger partial charge < -0.3 is 25.7 Å². The Labute approximate surface area is 215 Å². The zero-order chi connectivity index (χ0) is 27.6. The number of nitrogens with one attached hydrogen (secondary N) is 2. The van der Waals surface area contributed by atoms with Crippen molar-refractivity contribution in [2.75, 3.05) is 18.2 Å². The lowest BCUT2D eigenvalue weighted by atomic mass is 10.1. The number of carbonyl (C=O) groups excluding carboxylic acids is 2. The molecule has 4 rings (SSSR count). The topological polar surface area (TPSA) is 124 Å². The summed E-state index contributed by atoms with van der Waals surface area (Å²) in [5.74, 6) is -1.20. The van der Waals surface area contributed by atoms with Gasteiger partial charge in [-0.05, 0) is 42.8 Å². The van der Waals surface area contributed by atoms with Crippen molar-refractivity contribution < 1.29 is 27.5 Å². The maximum absolute atomic E-state index is 13.4. The average molecular weight is 525 g/mol. The molecule has 0 aliphatic rings. The van der Waals surface area contributed by atoms with Crippen molar-refractivity contribution >= 4 is 34.4 Å². The molecule has 0 aliphatic heterocycles. The first-order valence-corrected chi connectivity index (χ1v) is 11.2. The second kappa shape index (κ2) is 10.6. The van der Waals surface area contributed by atoms with Crippen molar-refractivity contribution in [3.8, 4) is 22.7 Å². The molecule has 1 unspecified atom stereocenters. The Hall–Kier alpha value is -4.87. The van der Waals surface area contributed by atoms with E-state index in [1.165, 1.54) is 25.6 Å². The first kappa shape index (κ1) is 26.2. The van der Waals surface area contributed by atoms with E-state index in [2.05, 4.69) is 21.9 Å². The number of nitrogens with zero attached hydrogens (tertiary/aromatic N) is 3. The van der Waals surface area contributed by atoms with Gasteiger partial charge in [0.25, 0.3) is 12.3 Å². The van der Waals surface area contributed by atoms with Gasteiger partial charge in [0.15, 0.2) is 5.82 Å². The second-order valence-corrected chi connectivity index (χ2v) is 8.13. The number of methoxy groups -OCH3 is 1. The number of hydrogen-bond donors (Lipinski definition) is 3. The summed E-state index contributed by atoms with van der Waals surface area (Å²) < 4.78 is 45.7. The predicted molar refractivity (Wildman–Crippen MR) is 137 cm³/mol. The molecule has 2 heterocycles. The van der Waals surface area contributed by atoms with Gasteiger partial charge in [-0.15, -0.1) is 0 Å². The number of hydrogen-bond acceptors (Lipinski definition) is 6. The van der Waals surface area contributed by atoms with Gasteiger partial charge >= 0.3 is 0 Å². The highest BCUT2D eigenvalue weighted by Crippen LogP contribution is 2.38. The summed E-state index contributed by atoms with van der Waals surface area (Å²) in [4.78, 5) is 32.6. The van der Waals surface area contributed by atoms with Crippen LogP contribution in [0.4, 0.5) is 24.7 Å². The molecule has 2 aromatic carbocycles. The normalized spacial score (nSPS) is 11.8. The third kappa shape index (κ3) is 4.88. The number of carbonyl (C=O) groups is 2. The lowest BCUT2D eigenvalue weighted by molar-refractivity contribution is -0.111. The van der Waals surface area contributed by atoms with Crippen LogP contribution in [0, 0.1) is 6.92 Å². The van der Waals surface area contributed by atoms with E-state index in [1.54, 1.807) is 40.2 Å². The molecule has 0 fully saturated rings. The Bertz CT molecular complexity index is 1540. The molecule has 0 spiro atoms. The minimum absolute atomic E-state index is 0.0184. The summed E-state index contributed by atoms with van der Waals surface area (Å²) in [6.07, 6.45) is -3.70. The Morgan fingerprint density at radius 3 is 2.47 bits per heavy atom. The number of nitrogens with two attached hydrogens (primary N) is 1. The molecule has 12 heteroatoms. The third-order valence-electron chi connectivity index (χ3n) is 5.80. The zero-order valence-electron chi connectivity index (χ0n) is 20.3. The molecule has 4 N–H and O–H groups in total. The van der Waals surface area contributed by atoms with Gasteiger partial charge in [0.1, 0.15) is 17.6 Å². The highest BCUT2D eigenvalue weighted by Gasteiger charge is 2.25. The van der Waals surface area contributed by atoms with Gasteiger partial charge in [-0.1, -0.05) is 18.7 Å². The molecule has 4 aromatic rings. The standard InChI is InChI=1S/C26H23F3N6O3/c1-4-19(36)33-15-7-5-14(6-8-15)21-13(2)20-22(25(30)32-12-31-20)35(21)16-9-10-17(18(11-16)38-3)26(37)34-24(29)23(27)28/h4-12,23-24H,1H2,2-3H3,(H,33,36)(H,34,37)(H2,30,31,32).